The number of carbonyl (C=O) groups is 1. The smallest absolute Gasteiger partial charge is 0.410 e. The van der Waals surface area contributed by atoms with Crippen molar-refractivity contribution in [2.75, 3.05) is 25.5 Å². The van der Waals surface area contributed by atoms with E-state index >= 15 is 0 Å². The summed E-state index contributed by atoms with van der Waals surface area (Å²) in [6, 6.07) is 5.36. The zero-order valence-corrected chi connectivity index (χ0v) is 19.9. The fraction of sp³-hybridized carbons (Fsp3) is 0.478. The van der Waals surface area contributed by atoms with Gasteiger partial charge in [-0.2, -0.15) is 0 Å². The summed E-state index contributed by atoms with van der Waals surface area (Å²) in [6.45, 7) is 8.85. The summed E-state index contributed by atoms with van der Waals surface area (Å²) >= 11 is 6.09. The Bertz CT molecular complexity index is 998. The average molecular weight is 460 g/mol. The van der Waals surface area contributed by atoms with Crippen molar-refractivity contribution in [1.82, 2.24) is 14.9 Å². The van der Waals surface area contributed by atoms with Gasteiger partial charge in [0.1, 0.15) is 16.6 Å². The highest BCUT2D eigenvalue weighted by molar-refractivity contribution is 6.29. The van der Waals surface area contributed by atoms with Crippen molar-refractivity contribution in [2.24, 2.45) is 0 Å². The third-order valence-corrected chi connectivity index (χ3v) is 5.41. The molecule has 0 bridgehead atoms. The number of hydrogen-bond donors (Lipinski definition) is 2. The van der Waals surface area contributed by atoms with Crippen molar-refractivity contribution >= 4 is 35.4 Å². The highest BCUT2D eigenvalue weighted by atomic mass is 35.5. The molecule has 2 N–H and O–H groups in total. The van der Waals surface area contributed by atoms with Crippen LogP contribution in [0.4, 0.5) is 16.3 Å². The minimum atomic E-state index is -0.506. The predicted molar refractivity (Wildman–Crippen MR) is 126 cm³/mol. The van der Waals surface area contributed by atoms with Crippen LogP contribution in [0.2, 0.25) is 5.15 Å². The van der Waals surface area contributed by atoms with Gasteiger partial charge in [-0.15, -0.1) is 0 Å². The Morgan fingerprint density at radius 2 is 1.94 bits per heavy atom. The fourth-order valence-electron chi connectivity index (χ4n) is 3.72. The van der Waals surface area contributed by atoms with Crippen molar-refractivity contribution in [2.45, 2.75) is 52.1 Å². The van der Waals surface area contributed by atoms with E-state index in [4.69, 9.17) is 31.5 Å². The number of nitrogens with zero attached hydrogens (tertiary/aromatic N) is 3. The van der Waals surface area contributed by atoms with Gasteiger partial charge in [-0.3, -0.25) is 0 Å². The number of pyridine rings is 2. The van der Waals surface area contributed by atoms with Crippen LogP contribution in [0.25, 0.3) is 0 Å². The third-order valence-electron chi connectivity index (χ3n) is 5.21. The Hall–Kier alpha value is -2.87. The van der Waals surface area contributed by atoms with E-state index in [2.05, 4.69) is 10.3 Å². The molecule has 1 amide bonds. The zero-order valence-electron chi connectivity index (χ0n) is 19.2. The van der Waals surface area contributed by atoms with Crippen molar-refractivity contribution in [1.29, 1.82) is 5.41 Å². The van der Waals surface area contributed by atoms with Gasteiger partial charge in [0.05, 0.1) is 7.11 Å². The first kappa shape index (κ1) is 23.8. The monoisotopic (exact) mass is 459 g/mol. The van der Waals surface area contributed by atoms with Crippen LogP contribution in [0.3, 0.4) is 0 Å². The molecule has 1 fully saturated rings. The topological polar surface area (TPSA) is 100 Å². The molecule has 0 saturated carbocycles. The number of aryl methyl sites for hydroxylation is 1. The number of amides is 1. The Morgan fingerprint density at radius 3 is 2.53 bits per heavy atom. The Balaban J connectivity index is 1.79. The lowest BCUT2D eigenvalue weighted by Crippen LogP contribution is -2.41. The van der Waals surface area contributed by atoms with Gasteiger partial charge in [-0.1, -0.05) is 11.6 Å². The molecule has 172 valence electrons. The third kappa shape index (κ3) is 5.88. The van der Waals surface area contributed by atoms with Gasteiger partial charge in [-0.05, 0) is 58.2 Å². The van der Waals surface area contributed by atoms with Crippen molar-refractivity contribution < 1.29 is 14.3 Å². The highest BCUT2D eigenvalue weighted by Crippen LogP contribution is 2.32. The van der Waals surface area contributed by atoms with Crippen molar-refractivity contribution in [3.8, 4) is 5.88 Å². The summed E-state index contributed by atoms with van der Waals surface area (Å²) in [5.74, 6) is 1.17. The average Bonchev–Trinajstić information content (AvgIpc) is 2.73. The van der Waals surface area contributed by atoms with Gasteiger partial charge in [0, 0.05) is 48.2 Å². The summed E-state index contributed by atoms with van der Waals surface area (Å²) in [7, 11) is 1.53. The lowest BCUT2D eigenvalue weighted by atomic mass is 9.90. The fourth-order valence-corrected chi connectivity index (χ4v) is 3.92. The Kier molecular flexibility index (Phi) is 7.23. The quantitative estimate of drug-likeness (QED) is 0.464. The summed E-state index contributed by atoms with van der Waals surface area (Å²) < 4.78 is 10.7. The Labute approximate surface area is 193 Å². The predicted octanol–water partition coefficient (Wildman–Crippen LogP) is 5.30. The molecular formula is C23H30ClN5O3. The molecule has 32 heavy (non-hydrogen) atoms. The number of methoxy groups -OCH3 is 1. The van der Waals surface area contributed by atoms with Crippen LogP contribution in [0, 0.1) is 12.3 Å². The minimum Gasteiger partial charge on any atom is -0.481 e. The van der Waals surface area contributed by atoms with Crippen LogP contribution >= 0.6 is 11.6 Å². The maximum Gasteiger partial charge on any atom is 0.410 e. The van der Waals surface area contributed by atoms with E-state index in [1.165, 1.54) is 13.3 Å². The SMILES string of the molecule is COc1cc(Nc2nc(C3CCN(C(=O)OC(C)(C)C)CC3)c(C)cc2C=N)cc(Cl)n1. The molecule has 2 aromatic rings. The number of carbonyl (C=O) groups excluding carboxylic acids is 1. The number of aromatic nitrogens is 2. The maximum absolute atomic E-state index is 12.4. The van der Waals surface area contributed by atoms with Crippen LogP contribution in [0.5, 0.6) is 5.88 Å². The van der Waals surface area contributed by atoms with E-state index in [-0.39, 0.29) is 12.0 Å². The number of rotatable bonds is 5. The number of halogens is 1. The van der Waals surface area contributed by atoms with Crippen LogP contribution in [0.1, 0.15) is 56.4 Å². The van der Waals surface area contributed by atoms with Gasteiger partial charge in [0.25, 0.3) is 0 Å². The molecule has 1 saturated heterocycles. The maximum atomic E-state index is 12.4. The first-order chi connectivity index (χ1) is 15.1. The van der Waals surface area contributed by atoms with Crippen LogP contribution in [0.15, 0.2) is 18.2 Å². The lowest BCUT2D eigenvalue weighted by molar-refractivity contribution is 0.0204. The molecular weight excluding hydrogens is 430 g/mol. The van der Waals surface area contributed by atoms with Crippen LogP contribution < -0.4 is 10.1 Å². The molecule has 0 radical (unpaired) electrons. The number of hydrogen-bond acceptors (Lipinski definition) is 7. The zero-order chi connectivity index (χ0) is 23.5. The van der Waals surface area contributed by atoms with Crippen molar-refractivity contribution in [3.05, 3.63) is 40.2 Å². The van der Waals surface area contributed by atoms with E-state index in [1.807, 2.05) is 33.8 Å². The Morgan fingerprint density at radius 1 is 1.25 bits per heavy atom. The molecule has 9 heteroatoms. The lowest BCUT2D eigenvalue weighted by Gasteiger charge is -2.33. The van der Waals surface area contributed by atoms with Gasteiger partial charge >= 0.3 is 6.09 Å². The summed E-state index contributed by atoms with van der Waals surface area (Å²) in [5, 5.41) is 11.3. The molecule has 0 aromatic carbocycles. The van der Waals surface area contributed by atoms with E-state index in [1.54, 1.807) is 17.0 Å². The van der Waals surface area contributed by atoms with Crippen molar-refractivity contribution in [3.63, 3.8) is 0 Å². The molecule has 1 aliphatic rings. The summed E-state index contributed by atoms with van der Waals surface area (Å²) in [4.78, 5) is 23.1. The number of nitrogens with one attached hydrogen (secondary N) is 2. The first-order valence-electron chi connectivity index (χ1n) is 10.6. The second kappa shape index (κ2) is 9.73. The second-order valence-corrected chi connectivity index (χ2v) is 9.25. The molecule has 0 atom stereocenters. The van der Waals surface area contributed by atoms with Crippen LogP contribution in [-0.4, -0.2) is 53.0 Å². The number of likely N-dealkylation sites (tertiary alicyclic amines) is 1. The number of anilines is 2. The van der Waals surface area contributed by atoms with E-state index in [0.717, 1.165) is 24.1 Å². The molecule has 0 aliphatic carbocycles. The van der Waals surface area contributed by atoms with Gasteiger partial charge in [0.2, 0.25) is 5.88 Å². The summed E-state index contributed by atoms with van der Waals surface area (Å²) in [5.41, 5.74) is 2.83. The van der Waals surface area contributed by atoms with Gasteiger partial charge < -0.3 is 25.1 Å². The molecule has 8 nitrogen and oxygen atoms in total. The summed E-state index contributed by atoms with van der Waals surface area (Å²) in [6.07, 6.45) is 2.60. The molecule has 1 aliphatic heterocycles. The number of piperidine rings is 1. The molecule has 2 aromatic heterocycles. The molecule has 0 unspecified atom stereocenters. The standard InChI is InChI=1S/C23H30ClN5O3/c1-14-10-16(13-25)21(26-17-11-18(24)27-19(12-17)31-5)28-20(14)15-6-8-29(9-7-15)22(30)32-23(2,3)4/h10-13,15,25H,6-9H2,1-5H3,(H,26,27,28). The van der Waals surface area contributed by atoms with Crippen LogP contribution in [-0.2, 0) is 4.74 Å². The molecule has 3 heterocycles. The minimum absolute atomic E-state index is 0.213. The van der Waals surface area contributed by atoms with E-state index < -0.39 is 5.60 Å². The van der Waals surface area contributed by atoms with Gasteiger partial charge in [-0.25, -0.2) is 14.8 Å². The number of ether oxygens (including phenoxy) is 2. The normalized spacial score (nSPS) is 14.8. The molecule has 3 rings (SSSR count). The van der Waals surface area contributed by atoms with E-state index in [0.29, 0.717) is 41.2 Å². The first-order valence-corrected chi connectivity index (χ1v) is 11.0. The largest absolute Gasteiger partial charge is 0.481 e. The second-order valence-electron chi connectivity index (χ2n) is 8.86. The van der Waals surface area contributed by atoms with E-state index in [9.17, 15) is 4.79 Å². The highest BCUT2D eigenvalue weighted by Gasteiger charge is 2.29. The molecule has 0 spiro atoms. The van der Waals surface area contributed by atoms with Gasteiger partial charge in [0.15, 0.2) is 0 Å².